The van der Waals surface area contributed by atoms with E-state index in [2.05, 4.69) is 35.9 Å². The van der Waals surface area contributed by atoms with E-state index < -0.39 is 51.8 Å². The molecule has 1 saturated heterocycles. The summed E-state index contributed by atoms with van der Waals surface area (Å²) >= 11 is 0. The summed E-state index contributed by atoms with van der Waals surface area (Å²) in [5.74, 6) is -0.539. The Morgan fingerprint density at radius 3 is 2.19 bits per heavy atom. The molecular weight excluding hydrogens is 574 g/mol. The third kappa shape index (κ3) is 6.79. The smallest absolute Gasteiger partial charge is 0.289 e. The van der Waals surface area contributed by atoms with Crippen LogP contribution in [0.5, 0.6) is 0 Å². The number of amides is 1. The Bertz CT molecular complexity index is 1430. The second-order valence-electron chi connectivity index (χ2n) is 10.5. The first-order valence-electron chi connectivity index (χ1n) is 14.1. The van der Waals surface area contributed by atoms with Crippen LogP contribution in [-0.2, 0) is 19.2 Å². The highest BCUT2D eigenvalue weighted by Crippen LogP contribution is 2.28. The molecule has 1 aliphatic heterocycles. The van der Waals surface area contributed by atoms with Gasteiger partial charge in [0.25, 0.3) is 14.0 Å². The number of carbonyl (C=O) groups excluding carboxylic acids is 1. The predicted molar refractivity (Wildman–Crippen MR) is 163 cm³/mol. The van der Waals surface area contributed by atoms with E-state index >= 15 is 0 Å². The second-order valence-corrected chi connectivity index (χ2v) is 15.8. The fourth-order valence-corrected chi connectivity index (χ4v) is 11.3. The SMILES string of the molecule is CCCC[Si](OC1CC(CO)N(C(=O)[C@H](C)NS(=O)(=O)c2ccccc2[N+](=O)[O-])C1)(c1ccccc1)c1ccccc1. The van der Waals surface area contributed by atoms with Gasteiger partial charge in [0, 0.05) is 12.6 Å². The van der Waals surface area contributed by atoms with Crippen molar-refractivity contribution in [1.29, 1.82) is 0 Å². The van der Waals surface area contributed by atoms with Crippen molar-refractivity contribution in [3.05, 3.63) is 95.0 Å². The van der Waals surface area contributed by atoms with E-state index in [1.54, 1.807) is 0 Å². The van der Waals surface area contributed by atoms with Gasteiger partial charge in [-0.15, -0.1) is 0 Å². The lowest BCUT2D eigenvalue weighted by atomic mass is 10.2. The van der Waals surface area contributed by atoms with Gasteiger partial charge in [0.15, 0.2) is 4.90 Å². The third-order valence-electron chi connectivity index (χ3n) is 7.65. The molecule has 3 aromatic carbocycles. The van der Waals surface area contributed by atoms with Crippen molar-refractivity contribution < 1.29 is 27.7 Å². The number of nitro groups is 1. The Kier molecular flexibility index (Phi) is 10.3. The molecule has 3 aromatic rings. The monoisotopic (exact) mass is 611 g/mol. The summed E-state index contributed by atoms with van der Waals surface area (Å²) in [5, 5.41) is 23.9. The minimum atomic E-state index is -4.38. The van der Waals surface area contributed by atoms with Crippen LogP contribution in [0.15, 0.2) is 89.8 Å². The summed E-state index contributed by atoms with van der Waals surface area (Å²) in [5.41, 5.74) is -0.581. The zero-order valence-corrected chi connectivity index (χ0v) is 25.6. The summed E-state index contributed by atoms with van der Waals surface area (Å²) in [6, 6.07) is 24.3. The molecular formula is C30H37N3O7SSi. The fraction of sp³-hybridized carbons (Fsp3) is 0.367. The highest BCUT2D eigenvalue weighted by molar-refractivity contribution is 7.89. The van der Waals surface area contributed by atoms with Crippen LogP contribution < -0.4 is 15.1 Å². The van der Waals surface area contributed by atoms with Gasteiger partial charge in [-0.1, -0.05) is 92.6 Å². The maximum Gasteiger partial charge on any atom is 0.289 e. The number of nitro benzene ring substituents is 1. The quantitative estimate of drug-likeness (QED) is 0.172. The molecule has 0 aromatic heterocycles. The molecule has 12 heteroatoms. The Balaban J connectivity index is 1.59. The van der Waals surface area contributed by atoms with Gasteiger partial charge in [0.2, 0.25) is 15.9 Å². The average molecular weight is 612 g/mol. The molecule has 1 heterocycles. The molecule has 0 bridgehead atoms. The van der Waals surface area contributed by atoms with Crippen molar-refractivity contribution in [1.82, 2.24) is 9.62 Å². The lowest BCUT2D eigenvalue weighted by Crippen LogP contribution is -2.62. The van der Waals surface area contributed by atoms with Gasteiger partial charge in [-0.2, -0.15) is 4.72 Å². The number of benzene rings is 3. The molecule has 1 amide bonds. The number of likely N-dealkylation sites (tertiary alicyclic amines) is 1. The molecule has 0 aliphatic carbocycles. The molecule has 4 rings (SSSR count). The van der Waals surface area contributed by atoms with Gasteiger partial charge >= 0.3 is 0 Å². The van der Waals surface area contributed by atoms with Crippen LogP contribution in [0.4, 0.5) is 5.69 Å². The number of nitrogens with zero attached hydrogens (tertiary/aromatic N) is 2. The van der Waals surface area contributed by atoms with Crippen molar-refractivity contribution in [2.24, 2.45) is 0 Å². The van der Waals surface area contributed by atoms with E-state index in [1.807, 2.05) is 36.4 Å². The summed E-state index contributed by atoms with van der Waals surface area (Å²) in [6.45, 7) is 3.41. The molecule has 10 nitrogen and oxygen atoms in total. The summed E-state index contributed by atoms with van der Waals surface area (Å²) < 4.78 is 35.5. The van der Waals surface area contributed by atoms with Gasteiger partial charge in [-0.05, 0) is 35.8 Å². The molecule has 3 atom stereocenters. The zero-order valence-electron chi connectivity index (χ0n) is 23.8. The lowest BCUT2D eigenvalue weighted by Gasteiger charge is -2.35. The minimum absolute atomic E-state index is 0.183. The largest absolute Gasteiger partial charge is 0.403 e. The van der Waals surface area contributed by atoms with Crippen LogP contribution in [0.1, 0.15) is 33.1 Å². The average Bonchev–Trinajstić information content (AvgIpc) is 3.42. The molecule has 1 aliphatic rings. The van der Waals surface area contributed by atoms with E-state index in [9.17, 15) is 28.4 Å². The molecule has 2 N–H and O–H groups in total. The standard InChI is InChI=1S/C30H37N3O7SSi/c1-3-4-19-42(26-13-7-5-8-14-26,27-15-9-6-10-16-27)40-25-20-24(22-34)32(21-25)30(35)23(2)31-41(38,39)29-18-12-11-17-28(29)33(36)37/h5-18,23-25,31,34H,3-4,19-22H2,1-2H3/t23-,24?,25?/m0/s1. The Labute approximate surface area is 247 Å². The number of nitrogens with one attached hydrogen (secondary N) is 1. The highest BCUT2D eigenvalue weighted by Gasteiger charge is 2.45. The molecule has 2 unspecified atom stereocenters. The minimum Gasteiger partial charge on any atom is -0.403 e. The topological polar surface area (TPSA) is 139 Å². The number of hydrogen-bond acceptors (Lipinski definition) is 7. The van der Waals surface area contributed by atoms with Crippen LogP contribution in [0.2, 0.25) is 6.04 Å². The number of aliphatic hydroxyl groups excluding tert-OH is 1. The molecule has 42 heavy (non-hydrogen) atoms. The van der Waals surface area contributed by atoms with Crippen molar-refractivity contribution in [2.75, 3.05) is 13.2 Å². The van der Waals surface area contributed by atoms with Crippen LogP contribution >= 0.6 is 0 Å². The Hall–Kier alpha value is -3.42. The number of aliphatic hydroxyl groups is 1. The first-order chi connectivity index (χ1) is 20.1. The van der Waals surface area contributed by atoms with Crippen molar-refractivity contribution in [3.8, 4) is 0 Å². The maximum absolute atomic E-state index is 13.6. The van der Waals surface area contributed by atoms with E-state index in [4.69, 9.17) is 4.43 Å². The lowest BCUT2D eigenvalue weighted by molar-refractivity contribution is -0.387. The molecule has 0 spiro atoms. The van der Waals surface area contributed by atoms with Gasteiger partial charge in [-0.3, -0.25) is 14.9 Å². The molecule has 0 saturated carbocycles. The zero-order chi connectivity index (χ0) is 30.3. The maximum atomic E-state index is 13.6. The first kappa shape index (κ1) is 31.5. The number of unbranched alkanes of at least 4 members (excludes halogenated alkanes) is 1. The summed E-state index contributed by atoms with van der Waals surface area (Å²) in [7, 11) is -7.15. The van der Waals surface area contributed by atoms with Crippen LogP contribution in [0.3, 0.4) is 0 Å². The van der Waals surface area contributed by atoms with Crippen LogP contribution in [0, 0.1) is 10.1 Å². The first-order valence-corrected chi connectivity index (χ1v) is 17.7. The number of rotatable bonds is 13. The van der Waals surface area contributed by atoms with Gasteiger partial charge in [-0.25, -0.2) is 8.42 Å². The number of para-hydroxylation sites is 1. The summed E-state index contributed by atoms with van der Waals surface area (Å²) in [6.07, 6.45) is 1.96. The third-order valence-corrected chi connectivity index (χ3v) is 13.6. The molecule has 224 valence electrons. The fourth-order valence-electron chi connectivity index (χ4n) is 5.61. The van der Waals surface area contributed by atoms with Crippen LogP contribution in [0.25, 0.3) is 0 Å². The molecule has 0 radical (unpaired) electrons. The number of sulfonamides is 1. The Morgan fingerprint density at radius 1 is 1.07 bits per heavy atom. The summed E-state index contributed by atoms with van der Waals surface area (Å²) in [4.78, 5) is 25.1. The van der Waals surface area contributed by atoms with E-state index in [-0.39, 0.29) is 19.3 Å². The predicted octanol–water partition coefficient (Wildman–Crippen LogP) is 2.80. The second kappa shape index (κ2) is 13.7. The van der Waals surface area contributed by atoms with E-state index in [0.29, 0.717) is 6.42 Å². The van der Waals surface area contributed by atoms with Crippen molar-refractivity contribution in [3.63, 3.8) is 0 Å². The number of hydrogen-bond donors (Lipinski definition) is 2. The van der Waals surface area contributed by atoms with Gasteiger partial charge in [0.05, 0.1) is 29.7 Å². The van der Waals surface area contributed by atoms with E-state index in [0.717, 1.165) is 41.4 Å². The van der Waals surface area contributed by atoms with Crippen molar-refractivity contribution >= 4 is 40.3 Å². The normalized spacial score (nSPS) is 18.1. The van der Waals surface area contributed by atoms with Crippen molar-refractivity contribution in [2.45, 2.75) is 62.2 Å². The van der Waals surface area contributed by atoms with Gasteiger partial charge < -0.3 is 14.4 Å². The van der Waals surface area contributed by atoms with E-state index in [1.165, 1.54) is 24.0 Å². The van der Waals surface area contributed by atoms with Gasteiger partial charge in [0.1, 0.15) is 0 Å². The molecule has 1 fully saturated rings. The highest BCUT2D eigenvalue weighted by atomic mass is 32.2. The van der Waals surface area contributed by atoms with Crippen LogP contribution in [-0.4, -0.2) is 68.9 Å². The Morgan fingerprint density at radius 2 is 1.64 bits per heavy atom. The number of carbonyl (C=O) groups is 1.